The van der Waals surface area contributed by atoms with Gasteiger partial charge in [-0.3, -0.25) is 18.6 Å². The second kappa shape index (κ2) is 28.0. The maximum Gasteiger partial charge on any atom is 0.472 e. The Morgan fingerprint density at radius 1 is 0.600 bits per heavy atom. The Hall–Kier alpha value is -2.43. The maximum absolute atomic E-state index is 12.7. The first-order chi connectivity index (χ1) is 26.4. The van der Waals surface area contributed by atoms with E-state index in [1.807, 2.05) is 0 Å². The summed E-state index contributed by atoms with van der Waals surface area (Å²) in [6, 6.07) is 0. The van der Waals surface area contributed by atoms with E-state index in [0.29, 0.717) is 12.8 Å². The van der Waals surface area contributed by atoms with Crippen molar-refractivity contribution in [2.75, 3.05) is 26.4 Å². The number of phosphoric ester groups is 1. The molecule has 3 N–H and O–H groups in total. The average molecular weight is 796 g/mol. The lowest BCUT2D eigenvalue weighted by atomic mass is 10.0. The van der Waals surface area contributed by atoms with Crippen molar-refractivity contribution in [2.24, 2.45) is 5.73 Å². The van der Waals surface area contributed by atoms with Crippen LogP contribution in [0.3, 0.4) is 0 Å². The average Bonchev–Trinajstić information content (AvgIpc) is 3.58. The minimum atomic E-state index is -4.40. The van der Waals surface area contributed by atoms with E-state index in [-0.39, 0.29) is 32.6 Å². The van der Waals surface area contributed by atoms with Crippen molar-refractivity contribution in [2.45, 2.75) is 189 Å². The third-order valence-corrected chi connectivity index (χ3v) is 11.3. The zero-order valence-electron chi connectivity index (χ0n) is 35.1. The standard InChI is InChI=1S/C43H74NO10P/c1-7-23-38-33(3)35(5)40(53-38)25-19-15-11-9-10-12-17-21-27-42(45)49-31-37(32-51-55(47,48)50-30-29-44)52-43(46)28-22-18-14-13-16-20-26-41-36(6)34(4)39(54-41)24-8-2/h37H,7-32,44H2,1-6H3,(H,47,48)/t37-/m1/s1. The molecule has 0 saturated heterocycles. The Morgan fingerprint density at radius 2 is 1.00 bits per heavy atom. The molecule has 2 heterocycles. The first kappa shape index (κ1) is 48.7. The highest BCUT2D eigenvalue weighted by Crippen LogP contribution is 2.43. The van der Waals surface area contributed by atoms with Crippen LogP contribution in [0.2, 0.25) is 0 Å². The summed E-state index contributed by atoms with van der Waals surface area (Å²) >= 11 is 0. The number of furan rings is 2. The van der Waals surface area contributed by atoms with Gasteiger partial charge in [0.25, 0.3) is 0 Å². The summed E-state index contributed by atoms with van der Waals surface area (Å²) in [5.74, 6) is 3.64. The maximum atomic E-state index is 12.7. The van der Waals surface area contributed by atoms with Gasteiger partial charge in [0.2, 0.25) is 0 Å². The lowest BCUT2D eigenvalue weighted by Crippen LogP contribution is -2.29. The van der Waals surface area contributed by atoms with Gasteiger partial charge in [0.05, 0.1) is 13.2 Å². The van der Waals surface area contributed by atoms with E-state index in [4.69, 9.17) is 33.1 Å². The number of esters is 2. The summed E-state index contributed by atoms with van der Waals surface area (Å²) in [5, 5.41) is 0. The Morgan fingerprint density at radius 3 is 1.44 bits per heavy atom. The minimum absolute atomic E-state index is 0.0407. The molecule has 316 valence electrons. The number of rotatable bonds is 33. The number of carbonyl (C=O) groups excluding carboxylic acids is 2. The molecule has 2 atom stereocenters. The number of hydrogen-bond acceptors (Lipinski definition) is 10. The molecule has 0 amide bonds. The summed E-state index contributed by atoms with van der Waals surface area (Å²) in [4.78, 5) is 35.0. The predicted octanol–water partition coefficient (Wildman–Crippen LogP) is 10.6. The van der Waals surface area contributed by atoms with Crippen molar-refractivity contribution in [1.29, 1.82) is 0 Å². The van der Waals surface area contributed by atoms with Gasteiger partial charge in [-0.2, -0.15) is 0 Å². The van der Waals surface area contributed by atoms with Crippen LogP contribution in [0.4, 0.5) is 0 Å². The predicted molar refractivity (Wildman–Crippen MR) is 217 cm³/mol. The number of hydrogen-bond donors (Lipinski definition) is 2. The van der Waals surface area contributed by atoms with Crippen molar-refractivity contribution in [3.8, 4) is 0 Å². The summed E-state index contributed by atoms with van der Waals surface area (Å²) < 4.78 is 45.1. The lowest BCUT2D eigenvalue weighted by Gasteiger charge is -2.19. The highest BCUT2D eigenvalue weighted by Gasteiger charge is 2.26. The molecule has 11 nitrogen and oxygen atoms in total. The van der Waals surface area contributed by atoms with E-state index in [1.165, 1.54) is 41.5 Å². The van der Waals surface area contributed by atoms with Gasteiger partial charge in [-0.1, -0.05) is 78.1 Å². The van der Waals surface area contributed by atoms with Gasteiger partial charge in [-0.05, 0) is 88.5 Å². The van der Waals surface area contributed by atoms with Crippen LogP contribution in [0.15, 0.2) is 8.83 Å². The molecule has 2 rings (SSSR count). The summed E-state index contributed by atoms with van der Waals surface area (Å²) in [7, 11) is -4.40. The third kappa shape index (κ3) is 20.0. The lowest BCUT2D eigenvalue weighted by molar-refractivity contribution is -0.161. The van der Waals surface area contributed by atoms with Crippen LogP contribution in [0.1, 0.15) is 175 Å². The molecule has 0 aliphatic heterocycles. The molecule has 1 unspecified atom stereocenters. The monoisotopic (exact) mass is 796 g/mol. The second-order valence-corrected chi connectivity index (χ2v) is 16.5. The molecule has 0 spiro atoms. The van der Waals surface area contributed by atoms with Crippen molar-refractivity contribution >= 4 is 19.8 Å². The highest BCUT2D eigenvalue weighted by atomic mass is 31.2. The van der Waals surface area contributed by atoms with Crippen LogP contribution in [-0.2, 0) is 58.4 Å². The summed E-state index contributed by atoms with van der Waals surface area (Å²) in [6.07, 6.45) is 19.8. The Labute approximate surface area is 331 Å². The van der Waals surface area contributed by atoms with Gasteiger partial charge in [0.15, 0.2) is 6.10 Å². The molecule has 0 aliphatic rings. The number of aryl methyl sites for hydroxylation is 4. The first-order valence-corrected chi connectivity index (χ1v) is 22.7. The van der Waals surface area contributed by atoms with Gasteiger partial charge in [-0.25, -0.2) is 4.57 Å². The van der Waals surface area contributed by atoms with Gasteiger partial charge < -0.3 is 28.9 Å². The highest BCUT2D eigenvalue weighted by molar-refractivity contribution is 7.47. The van der Waals surface area contributed by atoms with E-state index in [9.17, 15) is 19.0 Å². The van der Waals surface area contributed by atoms with E-state index in [1.54, 1.807) is 0 Å². The van der Waals surface area contributed by atoms with E-state index in [0.717, 1.165) is 119 Å². The Balaban J connectivity index is 1.61. The van der Waals surface area contributed by atoms with Gasteiger partial charge >= 0.3 is 19.8 Å². The Kier molecular flexibility index (Phi) is 24.8. The zero-order chi connectivity index (χ0) is 40.5. The van der Waals surface area contributed by atoms with E-state index >= 15 is 0 Å². The summed E-state index contributed by atoms with van der Waals surface area (Å²) in [6.45, 7) is 12.1. The SMILES string of the molecule is CCCc1oc(CCCCCCCCCCC(=O)OC[C@H](COP(=O)(O)OCCN)OC(=O)CCCCCCCCc2oc(CCC)c(C)c2C)c(C)c1C. The molecule has 0 radical (unpaired) electrons. The van der Waals surface area contributed by atoms with Crippen molar-refractivity contribution in [3.05, 3.63) is 45.3 Å². The topological polar surface area (TPSA) is 161 Å². The van der Waals surface area contributed by atoms with Crippen LogP contribution in [0.25, 0.3) is 0 Å². The molecular formula is C43H74NO10P. The Bertz CT molecular complexity index is 1420. The van der Waals surface area contributed by atoms with E-state index in [2.05, 4.69) is 41.5 Å². The number of unbranched alkanes of at least 4 members (excludes halogenated alkanes) is 12. The number of carbonyl (C=O) groups is 2. The number of ether oxygens (including phenoxy) is 2. The molecule has 0 aliphatic carbocycles. The molecule has 2 aromatic heterocycles. The number of nitrogens with two attached hydrogens (primary N) is 1. The molecule has 0 fully saturated rings. The van der Waals surface area contributed by atoms with Crippen LogP contribution < -0.4 is 5.73 Å². The normalized spacial score (nSPS) is 13.2. The van der Waals surface area contributed by atoms with Crippen LogP contribution in [-0.4, -0.2) is 49.3 Å². The van der Waals surface area contributed by atoms with Crippen LogP contribution in [0.5, 0.6) is 0 Å². The quantitative estimate of drug-likeness (QED) is 0.0402. The third-order valence-electron chi connectivity index (χ3n) is 10.3. The van der Waals surface area contributed by atoms with Gasteiger partial charge in [-0.15, -0.1) is 0 Å². The molecule has 0 aromatic carbocycles. The molecule has 2 aromatic rings. The van der Waals surface area contributed by atoms with E-state index < -0.39 is 32.5 Å². The van der Waals surface area contributed by atoms with Crippen molar-refractivity contribution in [1.82, 2.24) is 0 Å². The summed E-state index contributed by atoms with van der Waals surface area (Å²) in [5.41, 5.74) is 10.5. The molecule has 0 saturated carbocycles. The fourth-order valence-corrected chi connectivity index (χ4v) is 7.49. The van der Waals surface area contributed by atoms with Crippen LogP contribution >= 0.6 is 7.82 Å². The molecule has 12 heteroatoms. The molecule has 0 bridgehead atoms. The smallest absolute Gasteiger partial charge is 0.466 e. The van der Waals surface area contributed by atoms with Crippen molar-refractivity contribution < 1.29 is 46.4 Å². The zero-order valence-corrected chi connectivity index (χ0v) is 36.0. The minimum Gasteiger partial charge on any atom is -0.466 e. The first-order valence-electron chi connectivity index (χ1n) is 21.2. The largest absolute Gasteiger partial charge is 0.472 e. The fraction of sp³-hybridized carbons (Fsp3) is 0.767. The fourth-order valence-electron chi connectivity index (χ4n) is 6.73. The second-order valence-electron chi connectivity index (χ2n) is 15.0. The van der Waals surface area contributed by atoms with Gasteiger partial charge in [0.1, 0.15) is 29.6 Å². The molecule has 55 heavy (non-hydrogen) atoms. The number of phosphoric acid groups is 1. The van der Waals surface area contributed by atoms with Gasteiger partial charge in [0, 0.05) is 45.1 Å². The van der Waals surface area contributed by atoms with Crippen molar-refractivity contribution in [3.63, 3.8) is 0 Å². The van der Waals surface area contributed by atoms with Crippen LogP contribution in [0, 0.1) is 27.7 Å². The molecular weight excluding hydrogens is 721 g/mol.